The van der Waals surface area contributed by atoms with E-state index < -0.39 is 0 Å². The Hall–Kier alpha value is -2.89. The summed E-state index contributed by atoms with van der Waals surface area (Å²) in [7, 11) is 0. The standard InChI is InChI=1S/C17H18N4O2/c1-3-22-16-8-15(19-11-20-16)18-9-14-10-23-17(21-14)13-6-4-12(2)5-7-13/h4-8,10-11H,3,9H2,1-2H3,(H,18,19,20). The second-order valence-corrected chi connectivity index (χ2v) is 5.04. The van der Waals surface area contributed by atoms with Crippen LogP contribution in [0.15, 0.2) is 47.3 Å². The SMILES string of the molecule is CCOc1cc(NCc2coc(-c3ccc(C)cc3)n2)ncn1. The van der Waals surface area contributed by atoms with Crippen LogP contribution in [0, 0.1) is 6.92 Å². The van der Waals surface area contributed by atoms with Crippen LogP contribution in [-0.2, 0) is 6.54 Å². The van der Waals surface area contributed by atoms with E-state index in [0.29, 0.717) is 30.7 Å². The summed E-state index contributed by atoms with van der Waals surface area (Å²) in [5, 5.41) is 3.18. The lowest BCUT2D eigenvalue weighted by Gasteiger charge is -2.05. The minimum Gasteiger partial charge on any atom is -0.478 e. The summed E-state index contributed by atoms with van der Waals surface area (Å²) in [6.45, 7) is 5.04. The molecule has 0 atom stereocenters. The van der Waals surface area contributed by atoms with Crippen LogP contribution in [0.1, 0.15) is 18.2 Å². The van der Waals surface area contributed by atoms with E-state index in [1.807, 2.05) is 38.1 Å². The molecule has 0 aliphatic rings. The number of oxazole rings is 1. The zero-order chi connectivity index (χ0) is 16.1. The van der Waals surface area contributed by atoms with Gasteiger partial charge in [0.1, 0.15) is 18.4 Å². The first-order valence-electron chi connectivity index (χ1n) is 7.45. The zero-order valence-electron chi connectivity index (χ0n) is 13.1. The van der Waals surface area contributed by atoms with E-state index in [2.05, 4.69) is 20.3 Å². The number of hydrogen-bond donors (Lipinski definition) is 1. The molecule has 1 N–H and O–H groups in total. The van der Waals surface area contributed by atoms with Crippen molar-refractivity contribution in [1.29, 1.82) is 0 Å². The number of anilines is 1. The zero-order valence-corrected chi connectivity index (χ0v) is 13.1. The number of benzene rings is 1. The van der Waals surface area contributed by atoms with E-state index in [-0.39, 0.29) is 0 Å². The Kier molecular flexibility index (Phi) is 4.52. The molecule has 0 bridgehead atoms. The summed E-state index contributed by atoms with van der Waals surface area (Å²) in [4.78, 5) is 12.7. The third-order valence-electron chi connectivity index (χ3n) is 3.24. The maximum absolute atomic E-state index is 5.53. The molecule has 3 aromatic rings. The van der Waals surface area contributed by atoms with Crippen LogP contribution in [0.2, 0.25) is 0 Å². The van der Waals surface area contributed by atoms with Gasteiger partial charge in [-0.25, -0.2) is 15.0 Å². The summed E-state index contributed by atoms with van der Waals surface area (Å²) in [6, 6.07) is 9.82. The van der Waals surface area contributed by atoms with Gasteiger partial charge in [0.15, 0.2) is 0 Å². The Labute approximate surface area is 134 Å². The quantitative estimate of drug-likeness (QED) is 0.751. The third-order valence-corrected chi connectivity index (χ3v) is 3.24. The lowest BCUT2D eigenvalue weighted by molar-refractivity contribution is 0.326. The van der Waals surface area contributed by atoms with Crippen LogP contribution in [0.3, 0.4) is 0 Å². The highest BCUT2D eigenvalue weighted by Crippen LogP contribution is 2.19. The van der Waals surface area contributed by atoms with E-state index in [9.17, 15) is 0 Å². The molecule has 3 rings (SSSR count). The normalized spacial score (nSPS) is 10.5. The Balaban J connectivity index is 1.65. The van der Waals surface area contributed by atoms with Crippen molar-refractivity contribution in [2.45, 2.75) is 20.4 Å². The van der Waals surface area contributed by atoms with Gasteiger partial charge in [-0.2, -0.15) is 0 Å². The van der Waals surface area contributed by atoms with Crippen molar-refractivity contribution >= 4 is 5.82 Å². The van der Waals surface area contributed by atoms with Crippen molar-refractivity contribution in [2.75, 3.05) is 11.9 Å². The minimum atomic E-state index is 0.512. The maximum atomic E-state index is 5.53. The van der Waals surface area contributed by atoms with E-state index >= 15 is 0 Å². The van der Waals surface area contributed by atoms with Gasteiger partial charge in [-0.3, -0.25) is 0 Å². The molecule has 6 nitrogen and oxygen atoms in total. The van der Waals surface area contributed by atoms with Crippen LogP contribution in [-0.4, -0.2) is 21.6 Å². The van der Waals surface area contributed by atoms with E-state index in [0.717, 1.165) is 11.3 Å². The Morgan fingerprint density at radius 3 is 2.78 bits per heavy atom. The fourth-order valence-electron chi connectivity index (χ4n) is 2.06. The van der Waals surface area contributed by atoms with Crippen molar-refractivity contribution in [3.8, 4) is 17.3 Å². The highest BCUT2D eigenvalue weighted by atomic mass is 16.5. The van der Waals surface area contributed by atoms with Gasteiger partial charge >= 0.3 is 0 Å². The van der Waals surface area contributed by atoms with Gasteiger partial charge in [-0.15, -0.1) is 0 Å². The smallest absolute Gasteiger partial charge is 0.226 e. The molecule has 0 radical (unpaired) electrons. The number of nitrogens with zero attached hydrogens (tertiary/aromatic N) is 3. The van der Waals surface area contributed by atoms with E-state index in [1.165, 1.54) is 11.9 Å². The van der Waals surface area contributed by atoms with Crippen LogP contribution < -0.4 is 10.1 Å². The molecule has 6 heteroatoms. The number of aromatic nitrogens is 3. The third kappa shape index (κ3) is 3.85. The highest BCUT2D eigenvalue weighted by molar-refractivity contribution is 5.53. The monoisotopic (exact) mass is 310 g/mol. The maximum Gasteiger partial charge on any atom is 0.226 e. The fraction of sp³-hybridized carbons (Fsp3) is 0.235. The molecule has 0 saturated heterocycles. The summed E-state index contributed by atoms with van der Waals surface area (Å²) in [6.07, 6.45) is 3.11. The first-order chi connectivity index (χ1) is 11.2. The number of aryl methyl sites for hydroxylation is 1. The molecule has 2 aromatic heterocycles. The van der Waals surface area contributed by atoms with E-state index in [1.54, 1.807) is 12.3 Å². The van der Waals surface area contributed by atoms with Crippen LogP contribution in [0.5, 0.6) is 5.88 Å². The molecular formula is C17H18N4O2. The minimum absolute atomic E-state index is 0.512. The largest absolute Gasteiger partial charge is 0.478 e. The average Bonchev–Trinajstić information content (AvgIpc) is 3.03. The molecule has 0 saturated carbocycles. The molecule has 118 valence electrons. The second-order valence-electron chi connectivity index (χ2n) is 5.04. The van der Waals surface area contributed by atoms with Gasteiger partial charge in [0.2, 0.25) is 11.8 Å². The van der Waals surface area contributed by atoms with Crippen LogP contribution >= 0.6 is 0 Å². The predicted octanol–water partition coefficient (Wildman–Crippen LogP) is 3.45. The van der Waals surface area contributed by atoms with Gasteiger partial charge in [-0.1, -0.05) is 17.7 Å². The molecule has 0 aliphatic heterocycles. The van der Waals surface area contributed by atoms with Crippen LogP contribution in [0.25, 0.3) is 11.5 Å². The highest BCUT2D eigenvalue weighted by Gasteiger charge is 2.07. The van der Waals surface area contributed by atoms with Gasteiger partial charge in [-0.05, 0) is 26.0 Å². The van der Waals surface area contributed by atoms with Gasteiger partial charge in [0.05, 0.1) is 18.8 Å². The van der Waals surface area contributed by atoms with Crippen molar-refractivity contribution < 1.29 is 9.15 Å². The summed E-state index contributed by atoms with van der Waals surface area (Å²) in [5.41, 5.74) is 2.97. The molecule has 2 heterocycles. The summed E-state index contributed by atoms with van der Waals surface area (Å²) in [5.74, 6) is 1.84. The summed E-state index contributed by atoms with van der Waals surface area (Å²) >= 11 is 0. The van der Waals surface area contributed by atoms with Gasteiger partial charge < -0.3 is 14.5 Å². The first kappa shape index (κ1) is 15.0. The molecule has 0 aliphatic carbocycles. The van der Waals surface area contributed by atoms with Crippen molar-refractivity contribution in [1.82, 2.24) is 15.0 Å². The number of nitrogens with one attached hydrogen (secondary N) is 1. The van der Waals surface area contributed by atoms with Gasteiger partial charge in [0, 0.05) is 11.6 Å². The molecule has 0 spiro atoms. The lowest BCUT2D eigenvalue weighted by Crippen LogP contribution is -2.03. The van der Waals surface area contributed by atoms with E-state index in [4.69, 9.17) is 9.15 Å². The number of rotatable bonds is 6. The summed E-state index contributed by atoms with van der Waals surface area (Å²) < 4.78 is 10.9. The number of hydrogen-bond acceptors (Lipinski definition) is 6. The first-order valence-corrected chi connectivity index (χ1v) is 7.45. The molecule has 23 heavy (non-hydrogen) atoms. The average molecular weight is 310 g/mol. The van der Waals surface area contributed by atoms with Crippen molar-refractivity contribution in [3.05, 3.63) is 54.2 Å². The molecule has 0 unspecified atom stereocenters. The molecule has 0 amide bonds. The Bertz CT molecular complexity index is 768. The molecular weight excluding hydrogens is 292 g/mol. The fourth-order valence-corrected chi connectivity index (χ4v) is 2.06. The Morgan fingerprint density at radius 2 is 2.00 bits per heavy atom. The Morgan fingerprint density at radius 1 is 1.17 bits per heavy atom. The van der Waals surface area contributed by atoms with Crippen molar-refractivity contribution in [3.63, 3.8) is 0 Å². The molecule has 0 fully saturated rings. The van der Waals surface area contributed by atoms with Gasteiger partial charge in [0.25, 0.3) is 0 Å². The predicted molar refractivity (Wildman–Crippen MR) is 87.2 cm³/mol. The molecule has 1 aromatic carbocycles. The second kappa shape index (κ2) is 6.91. The van der Waals surface area contributed by atoms with Crippen molar-refractivity contribution in [2.24, 2.45) is 0 Å². The van der Waals surface area contributed by atoms with Crippen LogP contribution in [0.4, 0.5) is 5.82 Å². The topological polar surface area (TPSA) is 73.1 Å². The lowest BCUT2D eigenvalue weighted by atomic mass is 10.1. The number of ether oxygens (including phenoxy) is 1.